The number of halogens is 1. The first-order valence-electron chi connectivity index (χ1n) is 5.19. The Morgan fingerprint density at radius 3 is 2.67 bits per heavy atom. The van der Waals surface area contributed by atoms with Gasteiger partial charge in [0.25, 0.3) is 0 Å². The van der Waals surface area contributed by atoms with E-state index in [-0.39, 0.29) is 13.0 Å². The number of anilines is 1. The van der Waals surface area contributed by atoms with Crippen molar-refractivity contribution < 1.29 is 19.8 Å². The molecule has 0 aliphatic heterocycles. The van der Waals surface area contributed by atoms with E-state index < -0.39 is 18.0 Å². The Kier molecular flexibility index (Phi) is 5.86. The summed E-state index contributed by atoms with van der Waals surface area (Å²) in [6.45, 7) is -0.305. The highest BCUT2D eigenvalue weighted by molar-refractivity contribution is 14.1. The molecule has 0 radical (unpaired) electrons. The number of aliphatic carboxylic acids is 1. The summed E-state index contributed by atoms with van der Waals surface area (Å²) in [5.41, 5.74) is 0.576. The molecule has 6 nitrogen and oxygen atoms in total. The quantitative estimate of drug-likeness (QED) is 0.591. The number of carboxylic acids is 1. The molecule has 1 atom stereocenters. The van der Waals surface area contributed by atoms with Crippen LogP contribution in [0, 0.1) is 3.57 Å². The first-order valence-corrected chi connectivity index (χ1v) is 6.27. The number of urea groups is 1. The molecule has 0 saturated carbocycles. The summed E-state index contributed by atoms with van der Waals surface area (Å²) < 4.78 is 0.954. The van der Waals surface area contributed by atoms with E-state index in [1.165, 1.54) is 0 Å². The molecule has 0 aliphatic rings. The second-order valence-electron chi connectivity index (χ2n) is 3.51. The molecule has 4 N–H and O–H groups in total. The van der Waals surface area contributed by atoms with Gasteiger partial charge in [-0.25, -0.2) is 9.59 Å². The van der Waals surface area contributed by atoms with E-state index in [9.17, 15) is 9.59 Å². The third-order valence-corrected chi connectivity index (χ3v) is 2.77. The number of benzene rings is 1. The first kappa shape index (κ1) is 14.7. The van der Waals surface area contributed by atoms with E-state index in [1.54, 1.807) is 18.2 Å². The van der Waals surface area contributed by atoms with Crippen LogP contribution < -0.4 is 10.6 Å². The van der Waals surface area contributed by atoms with Crippen LogP contribution in [0.3, 0.4) is 0 Å². The summed E-state index contributed by atoms with van der Waals surface area (Å²) in [6, 6.07) is 5.39. The molecule has 0 unspecified atom stereocenters. The molecule has 0 aromatic heterocycles. The standard InChI is InChI=1S/C11H13IN2O4/c12-7-2-1-3-8(6-7)13-11(18)14-9(4-5-15)10(16)17/h1-3,6,9,15H,4-5H2,(H,16,17)(H2,13,14,18)/t9-/m1/s1. The lowest BCUT2D eigenvalue weighted by atomic mass is 10.2. The zero-order valence-electron chi connectivity index (χ0n) is 9.39. The minimum absolute atomic E-state index is 0.0327. The monoisotopic (exact) mass is 364 g/mol. The van der Waals surface area contributed by atoms with Crippen molar-refractivity contribution >= 4 is 40.3 Å². The highest BCUT2D eigenvalue weighted by Gasteiger charge is 2.18. The maximum Gasteiger partial charge on any atom is 0.326 e. The average Bonchev–Trinajstić information content (AvgIpc) is 2.28. The number of aliphatic hydroxyl groups is 1. The Morgan fingerprint density at radius 1 is 1.39 bits per heavy atom. The zero-order valence-corrected chi connectivity index (χ0v) is 11.5. The van der Waals surface area contributed by atoms with Crippen LogP contribution in [0.25, 0.3) is 0 Å². The number of carboxylic acid groups (broad SMARTS) is 1. The van der Waals surface area contributed by atoms with Gasteiger partial charge in [-0.2, -0.15) is 0 Å². The fourth-order valence-corrected chi connectivity index (χ4v) is 1.82. The van der Waals surface area contributed by atoms with Crippen LogP contribution in [0.1, 0.15) is 6.42 Å². The van der Waals surface area contributed by atoms with Gasteiger partial charge in [0.05, 0.1) is 0 Å². The minimum Gasteiger partial charge on any atom is -0.480 e. The summed E-state index contributed by atoms with van der Waals surface area (Å²) in [5, 5.41) is 22.3. The number of hydrogen-bond donors (Lipinski definition) is 4. The molecule has 0 saturated heterocycles. The molecule has 1 aromatic carbocycles. The first-order chi connectivity index (χ1) is 8.52. The van der Waals surface area contributed by atoms with Gasteiger partial charge in [-0.3, -0.25) is 0 Å². The van der Waals surface area contributed by atoms with Gasteiger partial charge in [0.1, 0.15) is 6.04 Å². The highest BCUT2D eigenvalue weighted by Crippen LogP contribution is 2.12. The molecule has 0 aliphatic carbocycles. The molecule has 1 rings (SSSR count). The van der Waals surface area contributed by atoms with E-state index in [0.29, 0.717) is 5.69 Å². The van der Waals surface area contributed by atoms with Crippen LogP contribution >= 0.6 is 22.6 Å². The Morgan fingerprint density at radius 2 is 2.11 bits per heavy atom. The average molecular weight is 364 g/mol. The maximum absolute atomic E-state index is 11.5. The predicted molar refractivity (Wildman–Crippen MR) is 74.4 cm³/mol. The van der Waals surface area contributed by atoms with Crippen LogP contribution in [-0.2, 0) is 4.79 Å². The third kappa shape index (κ3) is 4.88. The number of amides is 2. The molecule has 98 valence electrons. The fourth-order valence-electron chi connectivity index (χ4n) is 1.28. The molecule has 7 heteroatoms. The van der Waals surface area contributed by atoms with Gasteiger partial charge < -0.3 is 20.8 Å². The van der Waals surface area contributed by atoms with Crippen LogP contribution in [0.5, 0.6) is 0 Å². The second kappa shape index (κ2) is 7.17. The van der Waals surface area contributed by atoms with Gasteiger partial charge in [-0.1, -0.05) is 6.07 Å². The lowest BCUT2D eigenvalue weighted by Crippen LogP contribution is -2.43. The maximum atomic E-state index is 11.5. The van der Waals surface area contributed by atoms with Crippen LogP contribution in [0.2, 0.25) is 0 Å². The van der Waals surface area contributed by atoms with E-state index in [2.05, 4.69) is 33.2 Å². The number of hydrogen-bond acceptors (Lipinski definition) is 3. The number of carbonyl (C=O) groups excluding carboxylic acids is 1. The van der Waals surface area contributed by atoms with E-state index >= 15 is 0 Å². The van der Waals surface area contributed by atoms with Crippen molar-refractivity contribution in [3.8, 4) is 0 Å². The SMILES string of the molecule is O=C(Nc1cccc(I)c1)N[C@H](CCO)C(=O)O. The zero-order chi connectivity index (χ0) is 13.5. The highest BCUT2D eigenvalue weighted by atomic mass is 127. The van der Waals surface area contributed by atoms with Gasteiger partial charge in [-0.05, 0) is 40.8 Å². The summed E-state index contributed by atoms with van der Waals surface area (Å²) in [5.74, 6) is -1.18. The number of nitrogens with one attached hydrogen (secondary N) is 2. The van der Waals surface area contributed by atoms with Crippen molar-refractivity contribution in [3.63, 3.8) is 0 Å². The van der Waals surface area contributed by atoms with Gasteiger partial charge in [-0.15, -0.1) is 0 Å². The van der Waals surface area contributed by atoms with E-state index in [4.69, 9.17) is 10.2 Å². The Bertz CT molecular complexity index is 439. The lowest BCUT2D eigenvalue weighted by molar-refractivity contribution is -0.139. The van der Waals surface area contributed by atoms with Crippen LogP contribution in [0.15, 0.2) is 24.3 Å². The smallest absolute Gasteiger partial charge is 0.326 e. The van der Waals surface area contributed by atoms with E-state index in [1.807, 2.05) is 6.07 Å². The van der Waals surface area contributed by atoms with Gasteiger partial charge in [0, 0.05) is 22.3 Å². The molecule has 0 bridgehead atoms. The Labute approximate surface area is 118 Å². The van der Waals surface area contributed by atoms with E-state index in [0.717, 1.165) is 3.57 Å². The molecule has 18 heavy (non-hydrogen) atoms. The molecular weight excluding hydrogens is 351 g/mol. The van der Waals surface area contributed by atoms with Crippen LogP contribution in [-0.4, -0.2) is 34.9 Å². The minimum atomic E-state index is -1.18. The molecule has 1 aromatic rings. The number of aliphatic hydroxyl groups excluding tert-OH is 1. The lowest BCUT2D eigenvalue weighted by Gasteiger charge is -2.14. The number of rotatable bonds is 5. The van der Waals surface area contributed by atoms with Crippen molar-refractivity contribution in [2.24, 2.45) is 0 Å². The summed E-state index contributed by atoms with van der Waals surface area (Å²) in [6.07, 6.45) is -0.0327. The number of carbonyl (C=O) groups is 2. The summed E-state index contributed by atoms with van der Waals surface area (Å²) >= 11 is 2.10. The molecular formula is C11H13IN2O4. The van der Waals surface area contributed by atoms with Crippen molar-refractivity contribution in [1.82, 2.24) is 5.32 Å². The largest absolute Gasteiger partial charge is 0.480 e. The summed E-state index contributed by atoms with van der Waals surface area (Å²) in [4.78, 5) is 22.3. The Balaban J connectivity index is 2.57. The van der Waals surface area contributed by atoms with Crippen molar-refractivity contribution in [3.05, 3.63) is 27.8 Å². The molecule has 0 fully saturated rings. The third-order valence-electron chi connectivity index (χ3n) is 2.10. The molecule has 0 heterocycles. The van der Waals surface area contributed by atoms with Gasteiger partial charge in [0.2, 0.25) is 0 Å². The van der Waals surface area contributed by atoms with Crippen molar-refractivity contribution in [2.45, 2.75) is 12.5 Å². The molecule has 2 amide bonds. The molecule has 0 spiro atoms. The predicted octanol–water partition coefficient (Wildman–Crippen LogP) is 1.25. The topological polar surface area (TPSA) is 98.7 Å². The van der Waals surface area contributed by atoms with Gasteiger partial charge in [0.15, 0.2) is 0 Å². The van der Waals surface area contributed by atoms with Gasteiger partial charge >= 0.3 is 12.0 Å². The fraction of sp³-hybridized carbons (Fsp3) is 0.273. The normalized spacial score (nSPS) is 11.7. The second-order valence-corrected chi connectivity index (χ2v) is 4.76. The Hall–Kier alpha value is -1.35. The summed E-state index contributed by atoms with van der Waals surface area (Å²) in [7, 11) is 0. The van der Waals surface area contributed by atoms with Crippen molar-refractivity contribution in [1.29, 1.82) is 0 Å². The van der Waals surface area contributed by atoms with Crippen LogP contribution in [0.4, 0.5) is 10.5 Å². The van der Waals surface area contributed by atoms with Crippen molar-refractivity contribution in [2.75, 3.05) is 11.9 Å².